The number of fused-ring (bicyclic) bond motifs is 1. The van der Waals surface area contributed by atoms with Crippen LogP contribution in [0.15, 0.2) is 34.2 Å². The predicted octanol–water partition coefficient (Wildman–Crippen LogP) is 5.78. The van der Waals surface area contributed by atoms with Crippen molar-refractivity contribution in [3.8, 4) is 0 Å². The third kappa shape index (κ3) is 6.63. The molecule has 2 aromatic rings. The van der Waals surface area contributed by atoms with Crippen LogP contribution in [0.4, 0.5) is 0 Å². The standard InChI is InChI=1S/C30H44N4O4/c1-4-22-20-24(17-18-33(22)23-12-8-6-5-7-11-21(2)19-23)34-27-14-10-9-13-25(27)31-29(30(34)37)26(32-38-3)15-16-28(35)36/h9-10,13-14,21-24H,4-8,11-12,15-20H2,1-3H3,(H,35,36)/b32-26+/t21-,22-,23-,24-/m1/s1. The lowest BCUT2D eigenvalue weighted by Crippen LogP contribution is -2.50. The molecule has 0 spiro atoms. The molecule has 1 aliphatic heterocycles. The Morgan fingerprint density at radius 2 is 1.84 bits per heavy atom. The van der Waals surface area contributed by atoms with E-state index in [0.717, 1.165) is 37.2 Å². The SMILES string of the molecule is CC[C@@H]1C[C@H](n2c(=O)c(/C(CCC(=O)O)=N/OC)nc3ccccc32)CCN1[C@@H]1CCCCCC[C@@H](C)C1. The van der Waals surface area contributed by atoms with Crippen LogP contribution >= 0.6 is 0 Å². The fraction of sp³-hybridized carbons (Fsp3) is 0.667. The molecule has 0 bridgehead atoms. The molecular weight excluding hydrogens is 480 g/mol. The molecule has 1 aliphatic carbocycles. The zero-order valence-electron chi connectivity index (χ0n) is 23.3. The van der Waals surface area contributed by atoms with Crippen LogP contribution in [0.25, 0.3) is 11.0 Å². The van der Waals surface area contributed by atoms with E-state index in [1.807, 2.05) is 28.8 Å². The van der Waals surface area contributed by atoms with Gasteiger partial charge in [-0.15, -0.1) is 0 Å². The minimum Gasteiger partial charge on any atom is -0.481 e. The van der Waals surface area contributed by atoms with Gasteiger partial charge < -0.3 is 14.5 Å². The highest BCUT2D eigenvalue weighted by Gasteiger charge is 2.35. The van der Waals surface area contributed by atoms with Crippen molar-refractivity contribution in [2.45, 2.75) is 109 Å². The van der Waals surface area contributed by atoms with Crippen LogP contribution in [0.1, 0.15) is 103 Å². The van der Waals surface area contributed by atoms with Crippen LogP contribution in [0.2, 0.25) is 0 Å². The molecule has 38 heavy (non-hydrogen) atoms. The van der Waals surface area contributed by atoms with Crippen molar-refractivity contribution in [1.29, 1.82) is 0 Å². The van der Waals surface area contributed by atoms with Crippen LogP contribution in [0.3, 0.4) is 0 Å². The molecule has 1 aromatic carbocycles. The van der Waals surface area contributed by atoms with Gasteiger partial charge in [0.05, 0.1) is 17.5 Å². The highest BCUT2D eigenvalue weighted by Crippen LogP contribution is 2.35. The van der Waals surface area contributed by atoms with Crippen LogP contribution in [0.5, 0.6) is 0 Å². The lowest BCUT2D eigenvalue weighted by Gasteiger charge is -2.45. The molecule has 0 amide bonds. The van der Waals surface area contributed by atoms with Gasteiger partial charge in [-0.1, -0.05) is 63.2 Å². The normalized spacial score (nSPS) is 25.9. The summed E-state index contributed by atoms with van der Waals surface area (Å²) in [6.07, 6.45) is 12.0. The second-order valence-corrected chi connectivity index (χ2v) is 11.2. The minimum absolute atomic E-state index is 0.0485. The molecule has 1 saturated carbocycles. The summed E-state index contributed by atoms with van der Waals surface area (Å²) in [6, 6.07) is 8.81. The fourth-order valence-electron chi connectivity index (χ4n) is 6.64. The Bertz CT molecular complexity index is 1180. The number of carbonyl (C=O) groups is 1. The number of carboxylic acids is 1. The van der Waals surface area contributed by atoms with Gasteiger partial charge in [0.25, 0.3) is 5.56 Å². The van der Waals surface area contributed by atoms with E-state index in [-0.39, 0.29) is 35.8 Å². The Morgan fingerprint density at radius 3 is 2.58 bits per heavy atom. The molecular formula is C30H44N4O4. The Labute approximate surface area is 226 Å². The lowest BCUT2D eigenvalue weighted by molar-refractivity contribution is -0.136. The van der Waals surface area contributed by atoms with Gasteiger partial charge in [0.1, 0.15) is 12.8 Å². The van der Waals surface area contributed by atoms with Crippen molar-refractivity contribution in [2.75, 3.05) is 13.7 Å². The van der Waals surface area contributed by atoms with E-state index in [9.17, 15) is 14.7 Å². The van der Waals surface area contributed by atoms with Gasteiger partial charge in [0.15, 0.2) is 5.69 Å². The molecule has 208 valence electrons. The number of hydrogen-bond donors (Lipinski definition) is 1. The van der Waals surface area contributed by atoms with E-state index in [1.165, 1.54) is 52.1 Å². The van der Waals surface area contributed by atoms with Gasteiger partial charge in [0, 0.05) is 31.1 Å². The van der Waals surface area contributed by atoms with E-state index < -0.39 is 5.97 Å². The minimum atomic E-state index is -0.952. The number of para-hydroxylation sites is 2. The monoisotopic (exact) mass is 524 g/mol. The van der Waals surface area contributed by atoms with E-state index >= 15 is 0 Å². The van der Waals surface area contributed by atoms with Crippen LogP contribution in [-0.2, 0) is 9.63 Å². The average Bonchev–Trinajstić information content (AvgIpc) is 3.02. The number of carboxylic acid groups (broad SMARTS) is 1. The third-order valence-electron chi connectivity index (χ3n) is 8.54. The number of oxime groups is 1. The summed E-state index contributed by atoms with van der Waals surface area (Å²) in [4.78, 5) is 37.6. The molecule has 0 radical (unpaired) electrons. The summed E-state index contributed by atoms with van der Waals surface area (Å²) in [5.74, 6) is -0.195. The molecule has 1 saturated heterocycles. The first-order chi connectivity index (χ1) is 18.4. The number of benzene rings is 1. The van der Waals surface area contributed by atoms with Gasteiger partial charge in [0.2, 0.25) is 0 Å². The molecule has 2 fully saturated rings. The largest absolute Gasteiger partial charge is 0.481 e. The zero-order chi connectivity index (χ0) is 27.1. The summed E-state index contributed by atoms with van der Waals surface area (Å²) in [5, 5.41) is 13.3. The molecule has 1 N–H and O–H groups in total. The maximum absolute atomic E-state index is 14.0. The highest BCUT2D eigenvalue weighted by molar-refractivity contribution is 6.00. The zero-order valence-corrected chi connectivity index (χ0v) is 23.3. The second-order valence-electron chi connectivity index (χ2n) is 11.2. The van der Waals surface area contributed by atoms with Crippen LogP contribution < -0.4 is 5.56 Å². The highest BCUT2D eigenvalue weighted by atomic mass is 16.6. The molecule has 8 heteroatoms. The molecule has 2 aliphatic rings. The number of nitrogens with zero attached hydrogens (tertiary/aromatic N) is 4. The number of aromatic nitrogens is 2. The summed E-state index contributed by atoms with van der Waals surface area (Å²) in [7, 11) is 1.40. The quantitative estimate of drug-likeness (QED) is 0.347. The number of likely N-dealkylation sites (tertiary alicyclic amines) is 1. The van der Waals surface area contributed by atoms with Gasteiger partial charge in [-0.05, 0) is 50.2 Å². The van der Waals surface area contributed by atoms with E-state index in [4.69, 9.17) is 4.84 Å². The summed E-state index contributed by atoms with van der Waals surface area (Å²) in [6.45, 7) is 5.67. The molecule has 4 rings (SSSR count). The maximum Gasteiger partial charge on any atom is 0.303 e. The van der Waals surface area contributed by atoms with Crippen molar-refractivity contribution >= 4 is 22.7 Å². The van der Waals surface area contributed by atoms with E-state index in [0.29, 0.717) is 17.6 Å². The van der Waals surface area contributed by atoms with Crippen molar-refractivity contribution in [2.24, 2.45) is 11.1 Å². The molecule has 4 atom stereocenters. The predicted molar refractivity (Wildman–Crippen MR) is 151 cm³/mol. The van der Waals surface area contributed by atoms with Crippen molar-refractivity contribution in [3.05, 3.63) is 40.3 Å². The van der Waals surface area contributed by atoms with Gasteiger partial charge in [-0.3, -0.25) is 14.5 Å². The van der Waals surface area contributed by atoms with Crippen LogP contribution in [-0.4, -0.2) is 57.0 Å². The van der Waals surface area contributed by atoms with Gasteiger partial charge in [-0.25, -0.2) is 4.98 Å². The Balaban J connectivity index is 1.67. The first-order valence-corrected chi connectivity index (χ1v) is 14.5. The van der Waals surface area contributed by atoms with E-state index in [2.05, 4.69) is 28.9 Å². The number of aliphatic carboxylic acids is 1. The maximum atomic E-state index is 14.0. The number of hydrogen-bond acceptors (Lipinski definition) is 6. The van der Waals surface area contributed by atoms with Crippen molar-refractivity contribution < 1.29 is 14.7 Å². The average molecular weight is 525 g/mol. The molecule has 0 unspecified atom stereocenters. The summed E-state index contributed by atoms with van der Waals surface area (Å²) in [5.41, 5.74) is 1.78. The molecule has 8 nitrogen and oxygen atoms in total. The summed E-state index contributed by atoms with van der Waals surface area (Å²) >= 11 is 0. The van der Waals surface area contributed by atoms with E-state index in [1.54, 1.807) is 0 Å². The van der Waals surface area contributed by atoms with Crippen molar-refractivity contribution in [3.63, 3.8) is 0 Å². The Kier molecular flexibility index (Phi) is 9.94. The number of piperidine rings is 1. The first kappa shape index (κ1) is 28.3. The number of rotatable bonds is 8. The molecule has 1 aromatic heterocycles. The van der Waals surface area contributed by atoms with Gasteiger partial charge >= 0.3 is 5.97 Å². The Morgan fingerprint density at radius 1 is 1.08 bits per heavy atom. The lowest BCUT2D eigenvalue weighted by atomic mass is 9.88. The van der Waals surface area contributed by atoms with Crippen LogP contribution in [0, 0.1) is 5.92 Å². The first-order valence-electron chi connectivity index (χ1n) is 14.5. The topological polar surface area (TPSA) is 97.0 Å². The second kappa shape index (κ2) is 13.4. The third-order valence-corrected chi connectivity index (χ3v) is 8.54. The fourth-order valence-corrected chi connectivity index (χ4v) is 6.64. The van der Waals surface area contributed by atoms with Crippen molar-refractivity contribution in [1.82, 2.24) is 14.5 Å². The summed E-state index contributed by atoms with van der Waals surface area (Å²) < 4.78 is 1.91. The molecule has 2 heterocycles. The smallest absolute Gasteiger partial charge is 0.303 e. The van der Waals surface area contributed by atoms with Gasteiger partial charge in [-0.2, -0.15) is 0 Å². The Hall–Kier alpha value is -2.74.